The van der Waals surface area contributed by atoms with Crippen LogP contribution in [0.25, 0.3) is 28.7 Å². The molecule has 4 aromatic rings. The van der Waals surface area contributed by atoms with E-state index in [1.807, 2.05) is 6.07 Å². The molecule has 0 aliphatic rings. The summed E-state index contributed by atoms with van der Waals surface area (Å²) in [6.45, 7) is 6.69. The van der Waals surface area contributed by atoms with Crippen molar-refractivity contribution in [2.75, 3.05) is 6.61 Å². The second-order valence-corrected chi connectivity index (χ2v) is 7.51. The number of para-hydroxylation sites is 1. The van der Waals surface area contributed by atoms with Gasteiger partial charge in [0.05, 0.1) is 0 Å². The molecule has 146 valence electrons. The fraction of sp³-hybridized carbons (Fsp3) is 0.192. The molecule has 0 saturated carbocycles. The molecule has 0 N–H and O–H groups in total. The van der Waals surface area contributed by atoms with Gasteiger partial charge in [0.25, 0.3) is 0 Å². The van der Waals surface area contributed by atoms with Crippen LogP contribution in [0.3, 0.4) is 0 Å². The van der Waals surface area contributed by atoms with Crippen molar-refractivity contribution in [3.63, 3.8) is 0 Å². The molecular formula is C26H26N2O. The number of aromatic nitrogens is 2. The molecular weight excluding hydrogens is 356 g/mol. The summed E-state index contributed by atoms with van der Waals surface area (Å²) in [4.78, 5) is 0. The number of fused-ring (bicyclic) bond motifs is 1. The summed E-state index contributed by atoms with van der Waals surface area (Å²) in [5, 5.41) is 12.6. The van der Waals surface area contributed by atoms with Gasteiger partial charge in [-0.25, -0.2) is 0 Å². The summed E-state index contributed by atoms with van der Waals surface area (Å²) in [5.74, 6) is 0. The number of nitrogens with zero attached hydrogens (tertiary/aromatic N) is 2. The lowest BCUT2D eigenvalue weighted by Gasteiger charge is -2.09. The first kappa shape index (κ1) is 19.2. The Morgan fingerprint density at radius 1 is 0.897 bits per heavy atom. The van der Waals surface area contributed by atoms with Crippen molar-refractivity contribution < 1.29 is 9.67 Å². The topological polar surface area (TPSA) is 31.9 Å². The zero-order chi connectivity index (χ0) is 20.4. The Bertz CT molecular complexity index is 1190. The first-order valence-corrected chi connectivity index (χ1v) is 10.0. The minimum atomic E-state index is -0.138. The Morgan fingerprint density at radius 2 is 1.69 bits per heavy atom. The lowest BCUT2D eigenvalue weighted by Crippen LogP contribution is -2.42. The third-order valence-corrected chi connectivity index (χ3v) is 5.45. The molecule has 0 radical (unpaired) electrons. The predicted molar refractivity (Wildman–Crippen MR) is 118 cm³/mol. The molecule has 0 bridgehead atoms. The van der Waals surface area contributed by atoms with Gasteiger partial charge in [-0.2, -0.15) is 4.57 Å². The first-order chi connectivity index (χ1) is 14.1. The van der Waals surface area contributed by atoms with Gasteiger partial charge in [0.2, 0.25) is 11.2 Å². The number of hydrogen-bond donors (Lipinski definition) is 0. The van der Waals surface area contributed by atoms with Crippen LogP contribution in [0.5, 0.6) is 0 Å². The van der Waals surface area contributed by atoms with Gasteiger partial charge >= 0.3 is 0 Å². The maximum Gasteiger partial charge on any atom is 0.212 e. The number of aryl methyl sites for hydroxylation is 2. The van der Waals surface area contributed by atoms with Gasteiger partial charge in [0.1, 0.15) is 6.54 Å². The van der Waals surface area contributed by atoms with Crippen LogP contribution < -0.4 is 9.67 Å². The molecule has 2 aromatic heterocycles. The average Bonchev–Trinajstić information content (AvgIpc) is 3.01. The number of benzene rings is 2. The van der Waals surface area contributed by atoms with E-state index in [4.69, 9.17) is 0 Å². The van der Waals surface area contributed by atoms with Crippen LogP contribution in [0.4, 0.5) is 0 Å². The van der Waals surface area contributed by atoms with Crippen LogP contribution in [-0.2, 0) is 6.54 Å². The standard InChI is InChI=1S/C26H26N2O/c1-19-9-14-26-23(17-19)11-13-24(27(26)15-16-29)12-10-22-18-20(2)28(21(22)3)25-7-5-4-6-8-25/h4-14,17-18H,15-16H2,1-3H3. The third-order valence-electron chi connectivity index (χ3n) is 5.45. The van der Waals surface area contributed by atoms with E-state index in [0.717, 1.165) is 16.6 Å². The third kappa shape index (κ3) is 3.74. The molecule has 0 aliphatic heterocycles. The van der Waals surface area contributed by atoms with E-state index in [9.17, 15) is 5.11 Å². The summed E-state index contributed by atoms with van der Waals surface area (Å²) in [7, 11) is 0. The summed E-state index contributed by atoms with van der Waals surface area (Å²) in [5.41, 5.74) is 8.13. The monoisotopic (exact) mass is 382 g/mol. The van der Waals surface area contributed by atoms with Gasteiger partial charge in [0.15, 0.2) is 0 Å². The summed E-state index contributed by atoms with van der Waals surface area (Å²) in [6.07, 6.45) is 4.27. The molecule has 0 atom stereocenters. The largest absolute Gasteiger partial charge is 0.850 e. The fourth-order valence-corrected chi connectivity index (χ4v) is 4.05. The van der Waals surface area contributed by atoms with E-state index in [1.165, 1.54) is 28.2 Å². The molecule has 3 heteroatoms. The Labute approximate surface area is 172 Å². The Morgan fingerprint density at radius 3 is 2.45 bits per heavy atom. The quantitative estimate of drug-likeness (QED) is 0.472. The van der Waals surface area contributed by atoms with Crippen molar-refractivity contribution in [3.05, 3.63) is 94.9 Å². The van der Waals surface area contributed by atoms with Gasteiger partial charge < -0.3 is 9.67 Å². The van der Waals surface area contributed by atoms with E-state index in [-0.39, 0.29) is 6.61 Å². The molecule has 4 rings (SSSR count). The molecule has 0 amide bonds. The zero-order valence-corrected chi connectivity index (χ0v) is 17.2. The molecule has 0 unspecified atom stereocenters. The van der Waals surface area contributed by atoms with Crippen molar-refractivity contribution >= 4 is 23.1 Å². The zero-order valence-electron chi connectivity index (χ0n) is 17.2. The summed E-state index contributed by atoms with van der Waals surface area (Å²) in [6, 6.07) is 23.2. The van der Waals surface area contributed by atoms with Crippen molar-refractivity contribution in [1.82, 2.24) is 4.57 Å². The molecule has 0 spiro atoms. The minimum absolute atomic E-state index is 0.138. The molecule has 29 heavy (non-hydrogen) atoms. The van der Waals surface area contributed by atoms with Crippen molar-refractivity contribution in [3.8, 4) is 5.69 Å². The van der Waals surface area contributed by atoms with E-state index < -0.39 is 0 Å². The first-order valence-electron chi connectivity index (χ1n) is 10.0. The normalized spacial score (nSPS) is 11.6. The van der Waals surface area contributed by atoms with Crippen molar-refractivity contribution in [2.45, 2.75) is 27.3 Å². The number of pyridine rings is 1. The number of rotatable bonds is 5. The van der Waals surface area contributed by atoms with E-state index in [0.29, 0.717) is 6.54 Å². The maximum atomic E-state index is 11.4. The smallest absolute Gasteiger partial charge is 0.212 e. The highest BCUT2D eigenvalue weighted by Gasteiger charge is 2.13. The summed E-state index contributed by atoms with van der Waals surface area (Å²) < 4.78 is 4.39. The van der Waals surface area contributed by atoms with E-state index in [1.54, 1.807) is 0 Å². The lowest BCUT2D eigenvalue weighted by atomic mass is 10.1. The molecule has 2 aromatic carbocycles. The van der Waals surface area contributed by atoms with Crippen LogP contribution in [0.1, 0.15) is 28.2 Å². The predicted octanol–water partition coefficient (Wildman–Crippen LogP) is 4.37. The highest BCUT2D eigenvalue weighted by molar-refractivity contribution is 5.78. The Kier molecular flexibility index (Phi) is 5.32. The average molecular weight is 383 g/mol. The van der Waals surface area contributed by atoms with E-state index >= 15 is 0 Å². The van der Waals surface area contributed by atoms with Crippen molar-refractivity contribution in [2.24, 2.45) is 0 Å². The highest BCUT2D eigenvalue weighted by Crippen LogP contribution is 2.22. The lowest BCUT2D eigenvalue weighted by molar-refractivity contribution is -0.689. The second kappa shape index (κ2) is 8.06. The van der Waals surface area contributed by atoms with Crippen LogP contribution in [-0.4, -0.2) is 11.2 Å². The van der Waals surface area contributed by atoms with Gasteiger partial charge in [-0.15, -0.1) is 0 Å². The van der Waals surface area contributed by atoms with Gasteiger partial charge in [-0.3, -0.25) is 0 Å². The van der Waals surface area contributed by atoms with Crippen LogP contribution in [0.15, 0.2) is 66.7 Å². The summed E-state index contributed by atoms with van der Waals surface area (Å²) >= 11 is 0. The van der Waals surface area contributed by atoms with Crippen molar-refractivity contribution in [1.29, 1.82) is 0 Å². The molecule has 0 saturated heterocycles. The highest BCUT2D eigenvalue weighted by atomic mass is 16.3. The van der Waals surface area contributed by atoms with Crippen LogP contribution >= 0.6 is 0 Å². The Balaban J connectivity index is 1.76. The van der Waals surface area contributed by atoms with Gasteiger partial charge in [-0.05, 0) is 62.7 Å². The molecule has 0 fully saturated rings. The van der Waals surface area contributed by atoms with Gasteiger partial charge in [-0.1, -0.05) is 36.4 Å². The Hall–Kier alpha value is -3.17. The molecule has 3 nitrogen and oxygen atoms in total. The van der Waals surface area contributed by atoms with E-state index in [2.05, 4.69) is 103 Å². The van der Waals surface area contributed by atoms with Crippen LogP contribution in [0.2, 0.25) is 0 Å². The minimum Gasteiger partial charge on any atom is -0.850 e. The molecule has 2 heterocycles. The SMILES string of the molecule is Cc1ccc2c(ccc(/C=C/c3cc(C)n(-c4ccccc4)c3C)[n+]2CC[O-])c1. The number of hydrogen-bond acceptors (Lipinski definition) is 1. The van der Waals surface area contributed by atoms with Gasteiger partial charge in [0, 0.05) is 40.7 Å². The maximum absolute atomic E-state index is 11.4. The second-order valence-electron chi connectivity index (χ2n) is 7.51. The molecule has 0 aliphatic carbocycles. The fourth-order valence-electron chi connectivity index (χ4n) is 4.05. The van der Waals surface area contributed by atoms with Crippen LogP contribution in [0, 0.1) is 20.8 Å².